The van der Waals surface area contributed by atoms with Crippen molar-refractivity contribution >= 4 is 17.9 Å². The number of carbonyl (C=O) groups is 3. The van der Waals surface area contributed by atoms with Crippen LogP contribution in [0.1, 0.15) is 316 Å². The lowest BCUT2D eigenvalue weighted by Gasteiger charge is -2.18. The minimum Gasteiger partial charge on any atom is -0.462 e. The van der Waals surface area contributed by atoms with Gasteiger partial charge in [-0.05, 0) is 122 Å². The molecule has 83 heavy (non-hydrogen) atoms. The Morgan fingerprint density at radius 2 is 0.470 bits per heavy atom. The normalized spacial score (nSPS) is 13.0. The Bertz CT molecular complexity index is 1750. The third kappa shape index (κ3) is 68.2. The number of rotatable bonds is 62. The quantitative estimate of drug-likeness (QED) is 0.0261. The van der Waals surface area contributed by atoms with E-state index in [0.29, 0.717) is 19.3 Å². The van der Waals surface area contributed by atoms with Gasteiger partial charge in [-0.2, -0.15) is 0 Å². The van der Waals surface area contributed by atoms with Crippen LogP contribution in [0, 0.1) is 0 Å². The molecule has 0 bridgehead atoms. The van der Waals surface area contributed by atoms with Crippen LogP contribution in [0.3, 0.4) is 0 Å². The lowest BCUT2D eigenvalue weighted by Crippen LogP contribution is -2.30. The van der Waals surface area contributed by atoms with E-state index in [9.17, 15) is 14.4 Å². The van der Waals surface area contributed by atoms with Gasteiger partial charge in [-0.15, -0.1) is 0 Å². The van der Waals surface area contributed by atoms with Gasteiger partial charge in [-0.1, -0.05) is 309 Å². The van der Waals surface area contributed by atoms with Crippen molar-refractivity contribution < 1.29 is 28.6 Å². The summed E-state index contributed by atoms with van der Waals surface area (Å²) in [6, 6.07) is 0. The number of hydrogen-bond donors (Lipinski definition) is 0. The summed E-state index contributed by atoms with van der Waals surface area (Å²) >= 11 is 0. The van der Waals surface area contributed by atoms with Gasteiger partial charge in [-0.25, -0.2) is 0 Å². The molecule has 0 fully saturated rings. The van der Waals surface area contributed by atoms with Crippen molar-refractivity contribution in [2.75, 3.05) is 13.2 Å². The van der Waals surface area contributed by atoms with Crippen molar-refractivity contribution in [1.29, 1.82) is 0 Å². The third-order valence-electron chi connectivity index (χ3n) is 14.6. The van der Waals surface area contributed by atoms with Gasteiger partial charge in [-0.3, -0.25) is 14.4 Å². The highest BCUT2D eigenvalue weighted by Crippen LogP contribution is 2.16. The Labute approximate surface area is 513 Å². The zero-order valence-corrected chi connectivity index (χ0v) is 54.2. The number of esters is 3. The molecule has 0 amide bonds. The molecule has 0 aliphatic rings. The third-order valence-corrected chi connectivity index (χ3v) is 14.6. The minimum atomic E-state index is -0.801. The fourth-order valence-corrected chi connectivity index (χ4v) is 9.47. The molecule has 0 aromatic heterocycles. The first-order valence-corrected chi connectivity index (χ1v) is 34.7. The van der Waals surface area contributed by atoms with Crippen LogP contribution in [0.25, 0.3) is 0 Å². The summed E-state index contributed by atoms with van der Waals surface area (Å²) in [5.41, 5.74) is 0. The van der Waals surface area contributed by atoms with E-state index in [1.165, 1.54) is 128 Å². The largest absolute Gasteiger partial charge is 0.462 e. The van der Waals surface area contributed by atoms with Crippen molar-refractivity contribution in [2.24, 2.45) is 0 Å². The van der Waals surface area contributed by atoms with Crippen LogP contribution in [0.5, 0.6) is 0 Å². The van der Waals surface area contributed by atoms with Crippen molar-refractivity contribution in [3.8, 4) is 0 Å². The van der Waals surface area contributed by atoms with Gasteiger partial charge >= 0.3 is 17.9 Å². The van der Waals surface area contributed by atoms with Gasteiger partial charge in [0.15, 0.2) is 6.10 Å². The molecular weight excluding hydrogens is 1020 g/mol. The summed E-state index contributed by atoms with van der Waals surface area (Å²) < 4.78 is 17.0. The Morgan fingerprint density at radius 3 is 0.759 bits per heavy atom. The van der Waals surface area contributed by atoms with E-state index in [1.807, 2.05) is 0 Å². The highest BCUT2D eigenvalue weighted by Gasteiger charge is 2.19. The maximum absolute atomic E-state index is 12.9. The van der Waals surface area contributed by atoms with Gasteiger partial charge in [0.05, 0.1) is 0 Å². The van der Waals surface area contributed by atoms with Gasteiger partial charge in [0.1, 0.15) is 13.2 Å². The SMILES string of the molecule is CC/C=C\C/C=C\C/C=C\C/C=C\C/C=C\C/C=C\C/C=C\C/C=C\CCCCCCC(=O)OCC(COC(=O)CCCCCCCCCCCCCCCCCCC)OC(=O)CCCCCCCC/C=C\C/C=C\C/C=C\CCCCC. The molecular formula is C77H128O6. The fourth-order valence-electron chi connectivity index (χ4n) is 9.47. The van der Waals surface area contributed by atoms with Gasteiger partial charge in [0.2, 0.25) is 0 Å². The van der Waals surface area contributed by atoms with Gasteiger partial charge in [0.25, 0.3) is 0 Å². The summed E-state index contributed by atoms with van der Waals surface area (Å²) in [5.74, 6) is -0.922. The predicted octanol–water partition coefficient (Wildman–Crippen LogP) is 24.1. The molecule has 0 aromatic carbocycles. The molecule has 0 aliphatic heterocycles. The van der Waals surface area contributed by atoms with E-state index >= 15 is 0 Å². The van der Waals surface area contributed by atoms with E-state index in [2.05, 4.69) is 154 Å². The topological polar surface area (TPSA) is 78.9 Å². The number of unbranched alkanes of at least 4 members (excludes halogenated alkanes) is 29. The van der Waals surface area contributed by atoms with Crippen LogP contribution < -0.4 is 0 Å². The molecule has 0 N–H and O–H groups in total. The summed E-state index contributed by atoms with van der Waals surface area (Å²) in [5, 5.41) is 0. The first-order valence-electron chi connectivity index (χ1n) is 34.7. The van der Waals surface area contributed by atoms with Crippen LogP contribution in [0.15, 0.2) is 134 Å². The Morgan fingerprint density at radius 1 is 0.253 bits per heavy atom. The van der Waals surface area contributed by atoms with Crippen molar-refractivity contribution in [3.05, 3.63) is 134 Å². The standard InChI is InChI=1S/C77H128O6/c1-4-7-10-13-16-19-22-25-28-31-33-34-35-36-37-38-39-40-41-42-44-46-49-52-55-58-61-64-67-70-76(79)82-73-74(72-81-75(78)69-66-63-60-57-54-51-48-45-30-27-24-21-18-15-12-9-6-3)83-77(80)71-68-65-62-59-56-53-50-47-43-32-29-26-23-20-17-14-11-8-5-2/h7,10,16-17,19-20,25-26,28-29,33-34,36-37,39-40,42-44,47,49,52,74H,4-6,8-9,11-15,18,21-24,27,30-32,35,38,41,45-46,48,50-51,53-73H2,1-3H3/b10-7-,19-16-,20-17-,28-25-,29-26-,34-33-,37-36-,40-39-,44-42-,47-43-,52-49-. The minimum absolute atomic E-state index is 0.0924. The molecule has 0 aromatic rings. The van der Waals surface area contributed by atoms with Crippen LogP contribution in [0.4, 0.5) is 0 Å². The Balaban J connectivity index is 4.44. The first kappa shape index (κ1) is 78.5. The average Bonchev–Trinajstić information content (AvgIpc) is 3.49. The van der Waals surface area contributed by atoms with Gasteiger partial charge in [0, 0.05) is 19.3 Å². The van der Waals surface area contributed by atoms with Crippen LogP contribution in [0.2, 0.25) is 0 Å². The van der Waals surface area contributed by atoms with E-state index < -0.39 is 6.10 Å². The smallest absolute Gasteiger partial charge is 0.306 e. The molecule has 0 heterocycles. The summed E-state index contributed by atoms with van der Waals surface area (Å²) in [6.07, 6.45) is 98.9. The average molecular weight is 1150 g/mol. The number of ether oxygens (including phenoxy) is 3. The molecule has 0 radical (unpaired) electrons. The molecule has 0 rings (SSSR count). The van der Waals surface area contributed by atoms with E-state index in [4.69, 9.17) is 14.2 Å². The molecule has 1 atom stereocenters. The van der Waals surface area contributed by atoms with Crippen LogP contribution in [-0.2, 0) is 28.6 Å². The Kier molecular flexibility index (Phi) is 66.3. The molecule has 6 heteroatoms. The zero-order valence-electron chi connectivity index (χ0n) is 54.2. The second-order valence-corrected chi connectivity index (χ2v) is 22.7. The van der Waals surface area contributed by atoms with E-state index in [0.717, 1.165) is 148 Å². The summed E-state index contributed by atoms with van der Waals surface area (Å²) in [6.45, 7) is 6.50. The monoisotopic (exact) mass is 1150 g/mol. The zero-order chi connectivity index (χ0) is 59.9. The van der Waals surface area contributed by atoms with E-state index in [-0.39, 0.29) is 31.1 Å². The second kappa shape index (κ2) is 70.0. The number of carbonyl (C=O) groups excluding carboxylic acids is 3. The van der Waals surface area contributed by atoms with Crippen molar-refractivity contribution in [3.63, 3.8) is 0 Å². The lowest BCUT2D eigenvalue weighted by molar-refractivity contribution is -0.167. The molecule has 472 valence electrons. The molecule has 0 aliphatic carbocycles. The lowest BCUT2D eigenvalue weighted by atomic mass is 10.0. The summed E-state index contributed by atoms with van der Waals surface area (Å²) in [7, 11) is 0. The molecule has 1 unspecified atom stereocenters. The highest BCUT2D eigenvalue weighted by atomic mass is 16.6. The number of allylic oxidation sites excluding steroid dienone is 22. The van der Waals surface area contributed by atoms with Gasteiger partial charge < -0.3 is 14.2 Å². The highest BCUT2D eigenvalue weighted by molar-refractivity contribution is 5.71. The van der Waals surface area contributed by atoms with Crippen LogP contribution >= 0.6 is 0 Å². The number of hydrogen-bond acceptors (Lipinski definition) is 6. The van der Waals surface area contributed by atoms with Crippen molar-refractivity contribution in [1.82, 2.24) is 0 Å². The van der Waals surface area contributed by atoms with E-state index in [1.54, 1.807) is 0 Å². The van der Waals surface area contributed by atoms with Crippen LogP contribution in [-0.4, -0.2) is 37.2 Å². The fraction of sp³-hybridized carbons (Fsp3) is 0.675. The molecule has 0 saturated carbocycles. The second-order valence-electron chi connectivity index (χ2n) is 22.7. The van der Waals surface area contributed by atoms with Crippen molar-refractivity contribution in [2.45, 2.75) is 322 Å². The predicted molar refractivity (Wildman–Crippen MR) is 362 cm³/mol. The first-order chi connectivity index (χ1) is 41.0. The molecule has 6 nitrogen and oxygen atoms in total. The summed E-state index contributed by atoms with van der Waals surface area (Å²) in [4.78, 5) is 38.4. The maximum atomic E-state index is 12.9. The Hall–Kier alpha value is -4.45. The maximum Gasteiger partial charge on any atom is 0.306 e. The molecule has 0 saturated heterocycles. The molecule has 0 spiro atoms.